The highest BCUT2D eigenvalue weighted by Crippen LogP contribution is 2.17. The zero-order chi connectivity index (χ0) is 14.3. The summed E-state index contributed by atoms with van der Waals surface area (Å²) in [7, 11) is 1.57. The lowest BCUT2D eigenvalue weighted by molar-refractivity contribution is -0.134. The topological polar surface area (TPSA) is 78.9 Å². The van der Waals surface area contributed by atoms with Gasteiger partial charge in [-0.05, 0) is 19.3 Å². The van der Waals surface area contributed by atoms with Crippen LogP contribution in [0.4, 0.5) is 0 Å². The number of piperidine rings is 1. The molecule has 0 radical (unpaired) electrons. The van der Waals surface area contributed by atoms with Crippen molar-refractivity contribution in [2.24, 2.45) is 5.92 Å². The molecule has 0 aromatic carbocycles. The molecule has 1 heterocycles. The van der Waals surface area contributed by atoms with Crippen molar-refractivity contribution in [1.82, 2.24) is 10.2 Å². The van der Waals surface area contributed by atoms with Crippen LogP contribution in [0.15, 0.2) is 0 Å². The predicted molar refractivity (Wildman–Crippen MR) is 70.5 cm³/mol. The molecule has 110 valence electrons. The fourth-order valence-corrected chi connectivity index (χ4v) is 2.33. The molecule has 6 nitrogen and oxygen atoms in total. The summed E-state index contributed by atoms with van der Waals surface area (Å²) in [6, 6.07) is -0.145. The second kappa shape index (κ2) is 8.12. The highest BCUT2D eigenvalue weighted by Gasteiger charge is 2.27. The lowest BCUT2D eigenvalue weighted by Gasteiger charge is -2.31. The first kappa shape index (κ1) is 15.9. The Bertz CT molecular complexity index is 295. The number of carbonyl (C=O) groups is 2. The van der Waals surface area contributed by atoms with Crippen LogP contribution in [0.3, 0.4) is 0 Å². The zero-order valence-corrected chi connectivity index (χ0v) is 11.7. The third-order valence-electron chi connectivity index (χ3n) is 3.50. The summed E-state index contributed by atoms with van der Waals surface area (Å²) in [5.41, 5.74) is 0. The van der Waals surface area contributed by atoms with Gasteiger partial charge >= 0.3 is 0 Å². The van der Waals surface area contributed by atoms with Gasteiger partial charge in [-0.25, -0.2) is 0 Å². The van der Waals surface area contributed by atoms with Gasteiger partial charge < -0.3 is 20.1 Å². The number of methoxy groups -OCH3 is 1. The maximum Gasteiger partial charge on any atom is 0.223 e. The van der Waals surface area contributed by atoms with E-state index in [0.29, 0.717) is 39.0 Å². The number of hydrogen-bond donors (Lipinski definition) is 2. The number of aliphatic hydroxyl groups is 1. The molecule has 1 fully saturated rings. The first-order valence-electron chi connectivity index (χ1n) is 6.74. The number of amides is 2. The van der Waals surface area contributed by atoms with Gasteiger partial charge in [0.1, 0.15) is 0 Å². The minimum Gasteiger partial charge on any atom is -0.396 e. The third-order valence-corrected chi connectivity index (χ3v) is 3.50. The van der Waals surface area contributed by atoms with E-state index in [1.54, 1.807) is 18.9 Å². The molecule has 1 aliphatic rings. The minimum atomic E-state index is -0.145. The molecular formula is C13H24N2O4. The maximum absolute atomic E-state index is 12.1. The second-order valence-corrected chi connectivity index (χ2v) is 4.95. The molecule has 0 bridgehead atoms. The molecule has 0 spiro atoms. The zero-order valence-electron chi connectivity index (χ0n) is 11.7. The van der Waals surface area contributed by atoms with Crippen LogP contribution in [0.25, 0.3) is 0 Å². The Morgan fingerprint density at radius 2 is 2.05 bits per heavy atom. The Morgan fingerprint density at radius 3 is 2.53 bits per heavy atom. The number of carbonyl (C=O) groups excluding carboxylic acids is 2. The van der Waals surface area contributed by atoms with Gasteiger partial charge in [0.15, 0.2) is 0 Å². The van der Waals surface area contributed by atoms with E-state index in [0.717, 1.165) is 0 Å². The first-order valence-corrected chi connectivity index (χ1v) is 6.74. The number of rotatable bonds is 6. The first-order chi connectivity index (χ1) is 9.08. The predicted octanol–water partition coefficient (Wildman–Crippen LogP) is -0.241. The lowest BCUT2D eigenvalue weighted by atomic mass is 9.95. The van der Waals surface area contributed by atoms with E-state index in [1.165, 1.54) is 0 Å². The fraction of sp³-hybridized carbons (Fsp3) is 0.846. The van der Waals surface area contributed by atoms with Crippen LogP contribution in [0.5, 0.6) is 0 Å². The summed E-state index contributed by atoms with van der Waals surface area (Å²) in [4.78, 5) is 25.1. The Hall–Kier alpha value is -1.14. The molecule has 1 unspecified atom stereocenters. The average Bonchev–Trinajstić information content (AvgIpc) is 2.39. The summed E-state index contributed by atoms with van der Waals surface area (Å²) in [6.07, 6.45) is 1.89. The smallest absolute Gasteiger partial charge is 0.223 e. The van der Waals surface area contributed by atoms with E-state index in [2.05, 4.69) is 5.32 Å². The molecule has 0 aliphatic carbocycles. The Balaban J connectivity index is 2.39. The van der Waals surface area contributed by atoms with Crippen LogP contribution in [-0.2, 0) is 14.3 Å². The average molecular weight is 272 g/mol. The van der Waals surface area contributed by atoms with Crippen molar-refractivity contribution in [3.05, 3.63) is 0 Å². The van der Waals surface area contributed by atoms with Gasteiger partial charge in [-0.1, -0.05) is 0 Å². The molecule has 0 aromatic rings. The van der Waals surface area contributed by atoms with Crippen LogP contribution in [0.1, 0.15) is 26.2 Å². The SMILES string of the molecule is COCC(CCO)NC(=O)C1CCN(C(C)=O)CC1. The molecule has 19 heavy (non-hydrogen) atoms. The maximum atomic E-state index is 12.1. The highest BCUT2D eigenvalue weighted by molar-refractivity contribution is 5.79. The lowest BCUT2D eigenvalue weighted by Crippen LogP contribution is -2.46. The Kier molecular flexibility index (Phi) is 6.80. The van der Waals surface area contributed by atoms with E-state index in [4.69, 9.17) is 9.84 Å². The minimum absolute atomic E-state index is 0.00120. The second-order valence-electron chi connectivity index (χ2n) is 4.95. The molecule has 2 amide bonds. The van der Waals surface area contributed by atoms with Gasteiger partial charge in [-0.3, -0.25) is 9.59 Å². The normalized spacial score (nSPS) is 18.2. The van der Waals surface area contributed by atoms with Gasteiger partial charge in [-0.15, -0.1) is 0 Å². The quantitative estimate of drug-likeness (QED) is 0.699. The van der Waals surface area contributed by atoms with E-state index >= 15 is 0 Å². The van der Waals surface area contributed by atoms with Crippen molar-refractivity contribution in [2.45, 2.75) is 32.2 Å². The fourth-order valence-electron chi connectivity index (χ4n) is 2.33. The van der Waals surface area contributed by atoms with Crippen LogP contribution >= 0.6 is 0 Å². The van der Waals surface area contributed by atoms with Gasteiger partial charge in [0.2, 0.25) is 11.8 Å². The molecular weight excluding hydrogens is 248 g/mol. The van der Waals surface area contributed by atoms with Gasteiger partial charge in [0.05, 0.1) is 12.6 Å². The van der Waals surface area contributed by atoms with Crippen molar-refractivity contribution in [3.63, 3.8) is 0 Å². The van der Waals surface area contributed by atoms with Crippen molar-refractivity contribution in [3.8, 4) is 0 Å². The van der Waals surface area contributed by atoms with Crippen LogP contribution in [0.2, 0.25) is 0 Å². The summed E-state index contributed by atoms with van der Waals surface area (Å²) in [5, 5.41) is 11.8. The summed E-state index contributed by atoms with van der Waals surface area (Å²) < 4.78 is 5.01. The van der Waals surface area contributed by atoms with Gasteiger partial charge in [-0.2, -0.15) is 0 Å². The molecule has 0 aromatic heterocycles. The van der Waals surface area contributed by atoms with Crippen LogP contribution in [-0.4, -0.2) is 61.3 Å². The molecule has 6 heteroatoms. The van der Waals surface area contributed by atoms with E-state index in [1.807, 2.05) is 0 Å². The largest absolute Gasteiger partial charge is 0.396 e. The van der Waals surface area contributed by atoms with Crippen LogP contribution in [0, 0.1) is 5.92 Å². The third kappa shape index (κ3) is 5.16. The Labute approximate surface area is 114 Å². The number of hydrogen-bond acceptors (Lipinski definition) is 4. The number of aliphatic hydroxyl groups excluding tert-OH is 1. The summed E-state index contributed by atoms with van der Waals surface area (Å²) >= 11 is 0. The highest BCUT2D eigenvalue weighted by atomic mass is 16.5. The Morgan fingerprint density at radius 1 is 1.42 bits per heavy atom. The van der Waals surface area contributed by atoms with Gasteiger partial charge in [0.25, 0.3) is 0 Å². The molecule has 1 aliphatic heterocycles. The number of ether oxygens (including phenoxy) is 1. The molecule has 2 N–H and O–H groups in total. The van der Waals surface area contributed by atoms with E-state index in [9.17, 15) is 9.59 Å². The number of nitrogens with zero attached hydrogens (tertiary/aromatic N) is 1. The molecule has 0 saturated carbocycles. The summed E-state index contributed by atoms with van der Waals surface area (Å²) in [5.74, 6) is 0.0174. The molecule has 1 atom stereocenters. The standard InChI is InChI=1S/C13H24N2O4/c1-10(17)15-6-3-11(4-7-15)13(18)14-12(5-8-16)9-19-2/h11-12,16H,3-9H2,1-2H3,(H,14,18). The van der Waals surface area contributed by atoms with Crippen molar-refractivity contribution < 1.29 is 19.4 Å². The summed E-state index contributed by atoms with van der Waals surface area (Å²) in [6.45, 7) is 3.26. The van der Waals surface area contributed by atoms with Crippen molar-refractivity contribution in [2.75, 3.05) is 33.4 Å². The monoisotopic (exact) mass is 272 g/mol. The van der Waals surface area contributed by atoms with E-state index in [-0.39, 0.29) is 30.4 Å². The number of nitrogens with one attached hydrogen (secondary N) is 1. The van der Waals surface area contributed by atoms with Crippen molar-refractivity contribution >= 4 is 11.8 Å². The van der Waals surface area contributed by atoms with Crippen LogP contribution < -0.4 is 5.32 Å². The van der Waals surface area contributed by atoms with Crippen molar-refractivity contribution in [1.29, 1.82) is 0 Å². The van der Waals surface area contributed by atoms with Gasteiger partial charge in [0, 0.05) is 39.6 Å². The van der Waals surface area contributed by atoms with E-state index < -0.39 is 0 Å². The molecule has 1 rings (SSSR count). The number of likely N-dealkylation sites (tertiary alicyclic amines) is 1. The molecule has 1 saturated heterocycles.